The molecule has 2 bridgehead atoms. The summed E-state index contributed by atoms with van der Waals surface area (Å²) < 4.78 is 1.78. The van der Waals surface area contributed by atoms with Crippen LogP contribution in [0.5, 0.6) is 0 Å². The topological polar surface area (TPSA) is 157 Å². The van der Waals surface area contributed by atoms with E-state index in [1.54, 1.807) is 15.9 Å². The number of fused-ring (bicyclic) bond motifs is 3. The van der Waals surface area contributed by atoms with E-state index in [1.807, 2.05) is 17.3 Å². The molecule has 2 aliphatic heterocycles. The van der Waals surface area contributed by atoms with Gasteiger partial charge in [-0.15, -0.1) is 11.3 Å². The molecule has 2 atom stereocenters. The molecule has 5 N–H and O–H groups in total. The maximum absolute atomic E-state index is 13.1. The Balaban J connectivity index is 1.28. The molecule has 180 valence electrons. The minimum absolute atomic E-state index is 0.0576. The molecule has 0 aromatic carbocycles. The van der Waals surface area contributed by atoms with Crippen LogP contribution in [0.15, 0.2) is 18.7 Å². The Labute approximate surface area is 205 Å². The second kappa shape index (κ2) is 7.82. The molecule has 3 fully saturated rings. The molecule has 1 amide bonds. The number of anilines is 1. The van der Waals surface area contributed by atoms with E-state index in [4.69, 9.17) is 16.5 Å². The smallest absolute Gasteiger partial charge is 0.291 e. The van der Waals surface area contributed by atoms with Crippen LogP contribution < -0.4 is 11.5 Å². The van der Waals surface area contributed by atoms with E-state index in [1.165, 1.54) is 6.33 Å². The number of carbonyl (C=O) groups excluding carboxylic acids is 1. The minimum atomic E-state index is -0.0576. The van der Waals surface area contributed by atoms with Crippen LogP contribution in [0.3, 0.4) is 0 Å². The summed E-state index contributed by atoms with van der Waals surface area (Å²) in [4.78, 5) is 29.9. The predicted octanol–water partition coefficient (Wildman–Crippen LogP) is 2.44. The molecule has 7 rings (SSSR count). The molecule has 2 unspecified atom stereocenters. The monoisotopic (exact) mass is 490 g/mol. The van der Waals surface area contributed by atoms with Gasteiger partial charge in [-0.3, -0.25) is 9.89 Å². The summed E-state index contributed by atoms with van der Waals surface area (Å²) in [6, 6.07) is 0.335. The van der Waals surface area contributed by atoms with Crippen LogP contribution in [-0.4, -0.2) is 57.7 Å². The summed E-state index contributed by atoms with van der Waals surface area (Å²) >= 11 is 1.56. The first kappa shape index (κ1) is 20.9. The van der Waals surface area contributed by atoms with E-state index in [0.29, 0.717) is 24.1 Å². The fraction of sp³-hybridized carbons (Fsp3) is 0.478. The van der Waals surface area contributed by atoms with Crippen molar-refractivity contribution < 1.29 is 4.79 Å². The van der Waals surface area contributed by atoms with Crippen LogP contribution in [0.4, 0.5) is 5.82 Å². The van der Waals surface area contributed by atoms with Gasteiger partial charge in [0.05, 0.1) is 22.3 Å². The van der Waals surface area contributed by atoms with Crippen LogP contribution in [0.2, 0.25) is 0 Å². The van der Waals surface area contributed by atoms with Crippen molar-refractivity contribution >= 4 is 28.7 Å². The lowest BCUT2D eigenvalue weighted by atomic mass is 9.85. The summed E-state index contributed by atoms with van der Waals surface area (Å²) in [6.45, 7) is 0.407. The lowest BCUT2D eigenvalue weighted by Gasteiger charge is -2.39. The first-order valence-corrected chi connectivity index (χ1v) is 12.9. The summed E-state index contributed by atoms with van der Waals surface area (Å²) in [5, 5.41) is 12.1. The molecule has 1 aliphatic carbocycles. The molecule has 4 aromatic heterocycles. The average Bonchev–Trinajstić information content (AvgIpc) is 3.26. The second-order valence-electron chi connectivity index (χ2n) is 9.79. The fourth-order valence-corrected chi connectivity index (χ4v) is 6.81. The van der Waals surface area contributed by atoms with Crippen molar-refractivity contribution in [2.45, 2.75) is 69.0 Å². The average molecular weight is 491 g/mol. The summed E-state index contributed by atoms with van der Waals surface area (Å²) in [6.07, 6.45) is 11.1. The van der Waals surface area contributed by atoms with E-state index in [9.17, 15) is 4.79 Å². The number of H-pyrrole nitrogens is 1. The van der Waals surface area contributed by atoms with Gasteiger partial charge in [-0.05, 0) is 44.4 Å². The number of rotatable bonds is 5. The molecule has 6 heterocycles. The Morgan fingerprint density at radius 2 is 1.91 bits per heavy atom. The lowest BCUT2D eigenvalue weighted by Crippen LogP contribution is -2.46. The summed E-state index contributed by atoms with van der Waals surface area (Å²) in [7, 11) is 0. The van der Waals surface area contributed by atoms with E-state index in [2.05, 4.69) is 25.3 Å². The minimum Gasteiger partial charge on any atom is -0.383 e. The number of piperidine rings is 1. The molecule has 2 saturated heterocycles. The Morgan fingerprint density at radius 1 is 1.11 bits per heavy atom. The molecule has 4 aromatic rings. The molecule has 12 heteroatoms. The zero-order valence-corrected chi connectivity index (χ0v) is 19.9. The Kier molecular flexibility index (Phi) is 4.68. The van der Waals surface area contributed by atoms with Crippen molar-refractivity contribution in [3.63, 3.8) is 0 Å². The maximum Gasteiger partial charge on any atom is 0.291 e. The van der Waals surface area contributed by atoms with E-state index < -0.39 is 0 Å². The highest BCUT2D eigenvalue weighted by atomic mass is 32.1. The van der Waals surface area contributed by atoms with E-state index >= 15 is 0 Å². The highest BCUT2D eigenvalue weighted by Gasteiger charge is 2.46. The fourth-order valence-electron chi connectivity index (χ4n) is 6.01. The van der Waals surface area contributed by atoms with Gasteiger partial charge in [0.25, 0.3) is 5.91 Å². The first-order chi connectivity index (χ1) is 17.1. The van der Waals surface area contributed by atoms with E-state index in [-0.39, 0.29) is 23.9 Å². The number of nitrogen functional groups attached to an aromatic ring is 1. The van der Waals surface area contributed by atoms with Crippen molar-refractivity contribution in [1.82, 2.24) is 39.7 Å². The van der Waals surface area contributed by atoms with Gasteiger partial charge < -0.3 is 16.4 Å². The third-order valence-corrected chi connectivity index (χ3v) is 8.75. The number of nitrogens with two attached hydrogens (primary N) is 2. The number of aromatic nitrogens is 7. The highest BCUT2D eigenvalue weighted by molar-refractivity contribution is 7.15. The van der Waals surface area contributed by atoms with Crippen molar-refractivity contribution in [2.75, 3.05) is 5.73 Å². The SMILES string of the molecule is NCc1ncc(-c2cnn3c(N)c(C4CC4)c(C4CC5CCC(C4)N5C(=O)c4ncn[nH]4)nc23)s1. The quantitative estimate of drug-likeness (QED) is 0.385. The molecular weight excluding hydrogens is 464 g/mol. The molecule has 0 radical (unpaired) electrons. The summed E-state index contributed by atoms with van der Waals surface area (Å²) in [5.74, 6) is 1.63. The van der Waals surface area contributed by atoms with Crippen molar-refractivity contribution in [2.24, 2.45) is 5.73 Å². The van der Waals surface area contributed by atoms with Gasteiger partial charge in [0.15, 0.2) is 5.65 Å². The van der Waals surface area contributed by atoms with Gasteiger partial charge >= 0.3 is 0 Å². The molecule has 1 saturated carbocycles. The third-order valence-electron chi connectivity index (χ3n) is 7.70. The van der Waals surface area contributed by atoms with Crippen molar-refractivity contribution in [3.8, 4) is 10.4 Å². The molecular formula is C23H26N10OS. The normalized spacial score (nSPS) is 23.9. The van der Waals surface area contributed by atoms with Gasteiger partial charge in [-0.25, -0.2) is 15.0 Å². The zero-order valence-electron chi connectivity index (χ0n) is 19.1. The number of aromatic amines is 1. The van der Waals surface area contributed by atoms with E-state index in [0.717, 1.165) is 70.9 Å². The first-order valence-electron chi connectivity index (χ1n) is 12.1. The Morgan fingerprint density at radius 3 is 2.57 bits per heavy atom. The number of nitrogens with one attached hydrogen (secondary N) is 1. The molecule has 35 heavy (non-hydrogen) atoms. The van der Waals surface area contributed by atoms with Crippen molar-refractivity contribution in [1.29, 1.82) is 0 Å². The molecule has 11 nitrogen and oxygen atoms in total. The largest absolute Gasteiger partial charge is 0.383 e. The van der Waals surface area contributed by atoms with Crippen LogP contribution in [0.1, 0.15) is 77.2 Å². The van der Waals surface area contributed by atoms with Gasteiger partial charge in [0, 0.05) is 36.3 Å². The van der Waals surface area contributed by atoms with Crippen LogP contribution in [-0.2, 0) is 6.54 Å². The van der Waals surface area contributed by atoms with Crippen LogP contribution in [0, 0.1) is 0 Å². The number of nitrogens with zero attached hydrogens (tertiary/aromatic N) is 7. The maximum atomic E-state index is 13.1. The number of amides is 1. The summed E-state index contributed by atoms with van der Waals surface area (Å²) in [5.41, 5.74) is 16.5. The van der Waals surface area contributed by atoms with Crippen molar-refractivity contribution in [3.05, 3.63) is 40.8 Å². The molecule has 0 spiro atoms. The van der Waals surface area contributed by atoms with Gasteiger partial charge in [0.1, 0.15) is 17.2 Å². The lowest BCUT2D eigenvalue weighted by molar-refractivity contribution is 0.0557. The third kappa shape index (κ3) is 3.27. The Bertz CT molecular complexity index is 1410. The number of thiazole rings is 1. The highest BCUT2D eigenvalue weighted by Crippen LogP contribution is 2.50. The second-order valence-corrected chi connectivity index (χ2v) is 10.9. The number of hydrogen-bond donors (Lipinski definition) is 3. The standard InChI is InChI=1S/C23H26N10OS/c24-7-17-26-9-16(35-17)15-8-29-33-20(25)18(11-1-2-11)19(30-22(15)33)12-5-13-3-4-14(6-12)32(13)23(34)21-27-10-28-31-21/h8-14H,1-7,24-25H2,(H,27,28,31). The predicted molar refractivity (Wildman–Crippen MR) is 130 cm³/mol. The Hall–Kier alpha value is -3.38. The number of hydrogen-bond acceptors (Lipinski definition) is 9. The van der Waals surface area contributed by atoms with Gasteiger partial charge in [-0.2, -0.15) is 14.7 Å². The molecule has 3 aliphatic rings. The number of carbonyl (C=O) groups is 1. The zero-order chi connectivity index (χ0) is 23.7. The van der Waals surface area contributed by atoms with Gasteiger partial charge in [0.2, 0.25) is 5.82 Å². The van der Waals surface area contributed by atoms with Crippen LogP contribution in [0.25, 0.3) is 16.1 Å². The van der Waals surface area contributed by atoms with Gasteiger partial charge in [-0.1, -0.05) is 0 Å². The van der Waals surface area contributed by atoms with Crippen LogP contribution >= 0.6 is 11.3 Å².